The number of aryl methyl sites for hydroxylation is 1. The second-order valence-electron chi connectivity index (χ2n) is 6.97. The predicted molar refractivity (Wildman–Crippen MR) is 107 cm³/mol. The quantitative estimate of drug-likeness (QED) is 0.743. The summed E-state index contributed by atoms with van der Waals surface area (Å²) in [5.74, 6) is 0. The first-order valence-corrected chi connectivity index (χ1v) is 9.60. The van der Waals surface area contributed by atoms with Crippen LogP contribution in [0.25, 0.3) is 0 Å². The third kappa shape index (κ3) is 5.58. The van der Waals surface area contributed by atoms with E-state index in [9.17, 15) is 0 Å². The second-order valence-corrected chi connectivity index (χ2v) is 6.97. The maximum absolute atomic E-state index is 3.20. The lowest BCUT2D eigenvalue weighted by Gasteiger charge is -2.36. The van der Waals surface area contributed by atoms with Gasteiger partial charge in [0.2, 0.25) is 0 Å². The van der Waals surface area contributed by atoms with Crippen LogP contribution in [0.1, 0.15) is 24.0 Å². The summed E-state index contributed by atoms with van der Waals surface area (Å²) in [4.78, 5) is 5.12. The molecule has 0 bridgehead atoms. The van der Waals surface area contributed by atoms with Gasteiger partial charge in [-0.05, 0) is 56.1 Å². The molecule has 2 aromatic carbocycles. The van der Waals surface area contributed by atoms with E-state index < -0.39 is 0 Å². The highest BCUT2D eigenvalue weighted by Crippen LogP contribution is 2.16. The molecule has 3 rings (SSSR count). The fourth-order valence-corrected chi connectivity index (χ4v) is 3.56. The molecule has 0 radical (unpaired) electrons. The molecule has 0 atom stereocenters. The zero-order valence-electron chi connectivity index (χ0n) is 15.5. The van der Waals surface area contributed by atoms with Crippen molar-refractivity contribution in [3.05, 3.63) is 65.7 Å². The Kier molecular flexibility index (Phi) is 6.89. The van der Waals surface area contributed by atoms with Gasteiger partial charge in [0.15, 0.2) is 0 Å². The smallest absolute Gasteiger partial charge is 0.0367 e. The van der Waals surface area contributed by atoms with Gasteiger partial charge < -0.3 is 10.2 Å². The number of piperazine rings is 1. The Balaban J connectivity index is 1.32. The van der Waals surface area contributed by atoms with E-state index in [-0.39, 0.29) is 0 Å². The summed E-state index contributed by atoms with van der Waals surface area (Å²) in [6.45, 7) is 6.87. The van der Waals surface area contributed by atoms with E-state index in [1.807, 2.05) is 7.05 Å². The zero-order chi connectivity index (χ0) is 17.3. The topological polar surface area (TPSA) is 18.5 Å². The Hall–Kier alpha value is -1.84. The lowest BCUT2D eigenvalue weighted by Crippen LogP contribution is -2.46. The molecule has 0 spiro atoms. The SMILES string of the molecule is CNCc1ccc(CCCCN2CCN(c3ccccc3)CC2)cc1. The van der Waals surface area contributed by atoms with Crippen molar-refractivity contribution in [3.8, 4) is 0 Å². The number of nitrogens with zero attached hydrogens (tertiary/aromatic N) is 2. The van der Waals surface area contributed by atoms with Crippen molar-refractivity contribution < 1.29 is 0 Å². The molecule has 2 aromatic rings. The number of rotatable bonds is 8. The molecule has 1 aliphatic heterocycles. The van der Waals surface area contributed by atoms with Crippen LogP contribution >= 0.6 is 0 Å². The molecule has 0 aromatic heterocycles. The van der Waals surface area contributed by atoms with Crippen molar-refractivity contribution in [1.29, 1.82) is 0 Å². The minimum absolute atomic E-state index is 0.954. The molecule has 1 saturated heterocycles. The van der Waals surface area contributed by atoms with Crippen LogP contribution < -0.4 is 10.2 Å². The number of nitrogens with one attached hydrogen (secondary N) is 1. The molecule has 0 aliphatic carbocycles. The van der Waals surface area contributed by atoms with Crippen molar-refractivity contribution >= 4 is 5.69 Å². The molecule has 134 valence electrons. The van der Waals surface area contributed by atoms with E-state index in [1.165, 1.54) is 55.7 Å². The summed E-state index contributed by atoms with van der Waals surface area (Å²) in [5, 5.41) is 3.20. The Morgan fingerprint density at radius 2 is 1.48 bits per heavy atom. The van der Waals surface area contributed by atoms with E-state index in [2.05, 4.69) is 69.7 Å². The van der Waals surface area contributed by atoms with Crippen LogP contribution in [0.5, 0.6) is 0 Å². The Morgan fingerprint density at radius 1 is 0.800 bits per heavy atom. The van der Waals surface area contributed by atoms with E-state index in [1.54, 1.807) is 0 Å². The van der Waals surface area contributed by atoms with E-state index >= 15 is 0 Å². The fourth-order valence-electron chi connectivity index (χ4n) is 3.56. The lowest BCUT2D eigenvalue weighted by molar-refractivity contribution is 0.253. The van der Waals surface area contributed by atoms with Crippen molar-refractivity contribution in [2.45, 2.75) is 25.8 Å². The molecular weight excluding hydrogens is 306 g/mol. The first kappa shape index (κ1) is 18.0. The number of para-hydroxylation sites is 1. The van der Waals surface area contributed by atoms with E-state index in [0.29, 0.717) is 0 Å². The number of benzene rings is 2. The average Bonchev–Trinajstić information content (AvgIpc) is 2.68. The second kappa shape index (κ2) is 9.59. The monoisotopic (exact) mass is 337 g/mol. The van der Waals surface area contributed by atoms with Crippen LogP contribution in [-0.4, -0.2) is 44.7 Å². The largest absolute Gasteiger partial charge is 0.369 e. The average molecular weight is 338 g/mol. The normalized spacial score (nSPS) is 15.5. The Bertz CT molecular complexity index is 601. The van der Waals surface area contributed by atoms with Crippen molar-refractivity contribution in [3.63, 3.8) is 0 Å². The maximum Gasteiger partial charge on any atom is 0.0367 e. The summed E-state index contributed by atoms with van der Waals surface area (Å²) in [7, 11) is 1.99. The summed E-state index contributed by atoms with van der Waals surface area (Å²) >= 11 is 0. The first-order valence-electron chi connectivity index (χ1n) is 9.60. The Morgan fingerprint density at radius 3 is 2.16 bits per heavy atom. The van der Waals surface area contributed by atoms with Crippen LogP contribution in [0.15, 0.2) is 54.6 Å². The number of anilines is 1. The van der Waals surface area contributed by atoms with Crippen molar-refractivity contribution in [2.24, 2.45) is 0 Å². The minimum atomic E-state index is 0.954. The van der Waals surface area contributed by atoms with Gasteiger partial charge in [-0.3, -0.25) is 4.90 Å². The summed E-state index contributed by atoms with van der Waals surface area (Å²) < 4.78 is 0. The molecule has 0 amide bonds. The van der Waals surface area contributed by atoms with Crippen LogP contribution in [0.2, 0.25) is 0 Å². The van der Waals surface area contributed by atoms with Crippen LogP contribution in [0, 0.1) is 0 Å². The van der Waals surface area contributed by atoms with Crippen molar-refractivity contribution in [2.75, 3.05) is 44.7 Å². The molecule has 3 nitrogen and oxygen atoms in total. The third-order valence-electron chi connectivity index (χ3n) is 5.09. The lowest BCUT2D eigenvalue weighted by atomic mass is 10.1. The molecule has 3 heteroatoms. The highest BCUT2D eigenvalue weighted by Gasteiger charge is 2.16. The standard InChI is InChI=1S/C22H31N3/c1-23-19-21-12-10-20(11-13-21)7-5-6-14-24-15-17-25(18-16-24)22-8-3-2-4-9-22/h2-4,8-13,23H,5-7,14-19H2,1H3. The molecule has 0 saturated carbocycles. The van der Waals surface area contributed by atoms with Gasteiger partial charge in [0, 0.05) is 38.4 Å². The number of hydrogen-bond donors (Lipinski definition) is 1. The molecule has 25 heavy (non-hydrogen) atoms. The van der Waals surface area contributed by atoms with Gasteiger partial charge in [-0.25, -0.2) is 0 Å². The molecule has 1 aliphatic rings. The maximum atomic E-state index is 3.20. The molecule has 1 N–H and O–H groups in total. The summed E-state index contributed by atoms with van der Waals surface area (Å²) in [6, 6.07) is 19.9. The molecule has 1 heterocycles. The Labute approximate surface area is 152 Å². The number of hydrogen-bond acceptors (Lipinski definition) is 3. The third-order valence-corrected chi connectivity index (χ3v) is 5.09. The predicted octanol–water partition coefficient (Wildman–Crippen LogP) is 3.55. The van der Waals surface area contributed by atoms with Crippen LogP contribution in [-0.2, 0) is 13.0 Å². The van der Waals surface area contributed by atoms with Gasteiger partial charge in [0.1, 0.15) is 0 Å². The van der Waals surface area contributed by atoms with Crippen LogP contribution in [0.4, 0.5) is 5.69 Å². The molecule has 0 unspecified atom stereocenters. The zero-order valence-corrected chi connectivity index (χ0v) is 15.5. The molecule has 1 fully saturated rings. The van der Waals surface area contributed by atoms with E-state index in [0.717, 1.165) is 19.6 Å². The highest BCUT2D eigenvalue weighted by molar-refractivity contribution is 5.46. The summed E-state index contributed by atoms with van der Waals surface area (Å²) in [5.41, 5.74) is 4.19. The summed E-state index contributed by atoms with van der Waals surface area (Å²) in [6.07, 6.45) is 3.78. The van der Waals surface area contributed by atoms with Gasteiger partial charge in [-0.1, -0.05) is 42.5 Å². The van der Waals surface area contributed by atoms with Gasteiger partial charge in [-0.15, -0.1) is 0 Å². The van der Waals surface area contributed by atoms with E-state index in [4.69, 9.17) is 0 Å². The fraction of sp³-hybridized carbons (Fsp3) is 0.455. The van der Waals surface area contributed by atoms with Gasteiger partial charge in [0.25, 0.3) is 0 Å². The number of unbranched alkanes of at least 4 members (excludes halogenated alkanes) is 1. The first-order chi connectivity index (χ1) is 12.3. The van der Waals surface area contributed by atoms with Gasteiger partial charge >= 0.3 is 0 Å². The highest BCUT2D eigenvalue weighted by atomic mass is 15.3. The molecular formula is C22H31N3. The van der Waals surface area contributed by atoms with Crippen molar-refractivity contribution in [1.82, 2.24) is 10.2 Å². The van der Waals surface area contributed by atoms with Gasteiger partial charge in [-0.2, -0.15) is 0 Å². The van der Waals surface area contributed by atoms with Gasteiger partial charge in [0.05, 0.1) is 0 Å². The van der Waals surface area contributed by atoms with Crippen LogP contribution in [0.3, 0.4) is 0 Å². The minimum Gasteiger partial charge on any atom is -0.369 e.